The minimum absolute atomic E-state index is 0.328. The van der Waals surface area contributed by atoms with Crippen LogP contribution in [0.5, 0.6) is 0 Å². The Bertz CT molecular complexity index is 410. The predicted molar refractivity (Wildman–Crippen MR) is 59.7 cm³/mol. The Labute approximate surface area is 88.8 Å². The van der Waals surface area contributed by atoms with E-state index in [0.29, 0.717) is 0 Å². The van der Waals surface area contributed by atoms with Crippen LogP contribution in [0.25, 0.3) is 6.08 Å². The normalized spacial score (nSPS) is 13.7. The van der Waals surface area contributed by atoms with Gasteiger partial charge in [-0.05, 0) is 23.6 Å². The van der Waals surface area contributed by atoms with Crippen LogP contribution < -0.4 is 5.32 Å². The molecule has 1 aliphatic rings. The number of hydrogen-bond donors (Lipinski definition) is 1. The number of esters is 1. The fraction of sp³-hybridized carbons (Fsp3) is 0.250. The first kappa shape index (κ1) is 9.77. The molecule has 3 nitrogen and oxygen atoms in total. The molecule has 1 N–H and O–H groups in total. The highest BCUT2D eigenvalue weighted by Gasteiger charge is 2.11. The number of ether oxygens (including phenoxy) is 1. The predicted octanol–water partition coefficient (Wildman–Crippen LogP) is 1.84. The smallest absolute Gasteiger partial charge is 0.330 e. The van der Waals surface area contributed by atoms with Gasteiger partial charge in [0.15, 0.2) is 0 Å². The van der Waals surface area contributed by atoms with Crippen LogP contribution in [-0.4, -0.2) is 19.6 Å². The van der Waals surface area contributed by atoms with E-state index in [2.05, 4.69) is 16.1 Å². The largest absolute Gasteiger partial charge is 0.466 e. The van der Waals surface area contributed by atoms with Gasteiger partial charge >= 0.3 is 5.97 Å². The molecule has 1 aliphatic heterocycles. The Kier molecular flexibility index (Phi) is 2.72. The zero-order valence-electron chi connectivity index (χ0n) is 8.62. The first-order valence-corrected chi connectivity index (χ1v) is 4.93. The molecule has 78 valence electrons. The number of hydrogen-bond acceptors (Lipinski definition) is 3. The van der Waals surface area contributed by atoms with Crippen molar-refractivity contribution < 1.29 is 9.53 Å². The average molecular weight is 203 g/mol. The van der Waals surface area contributed by atoms with Gasteiger partial charge in [0, 0.05) is 18.3 Å². The number of anilines is 1. The summed E-state index contributed by atoms with van der Waals surface area (Å²) >= 11 is 0. The molecule has 0 atom stereocenters. The molecule has 15 heavy (non-hydrogen) atoms. The molecule has 0 bridgehead atoms. The lowest BCUT2D eigenvalue weighted by Gasteiger charge is -2.03. The number of carbonyl (C=O) groups excluding carboxylic acids is 1. The molecule has 0 aromatic heterocycles. The van der Waals surface area contributed by atoms with E-state index in [9.17, 15) is 4.79 Å². The zero-order chi connectivity index (χ0) is 10.7. The van der Waals surface area contributed by atoms with Crippen LogP contribution in [0.2, 0.25) is 0 Å². The highest BCUT2D eigenvalue weighted by Crippen LogP contribution is 2.27. The molecule has 0 fully saturated rings. The van der Waals surface area contributed by atoms with Crippen molar-refractivity contribution in [3.8, 4) is 0 Å². The number of rotatable bonds is 2. The molecular weight excluding hydrogens is 190 g/mol. The van der Waals surface area contributed by atoms with Gasteiger partial charge in [-0.15, -0.1) is 0 Å². The molecule has 0 saturated heterocycles. The summed E-state index contributed by atoms with van der Waals surface area (Å²) in [5.74, 6) is -0.328. The van der Waals surface area contributed by atoms with E-state index in [-0.39, 0.29) is 5.97 Å². The summed E-state index contributed by atoms with van der Waals surface area (Å²) in [4.78, 5) is 11.0. The molecule has 0 amide bonds. The van der Waals surface area contributed by atoms with Crippen molar-refractivity contribution >= 4 is 17.7 Å². The van der Waals surface area contributed by atoms with E-state index in [1.807, 2.05) is 12.1 Å². The summed E-state index contributed by atoms with van der Waals surface area (Å²) in [6, 6.07) is 6.09. The van der Waals surface area contributed by atoms with Gasteiger partial charge in [0.1, 0.15) is 0 Å². The highest BCUT2D eigenvalue weighted by molar-refractivity contribution is 5.88. The van der Waals surface area contributed by atoms with Crippen LogP contribution in [0.1, 0.15) is 11.1 Å². The summed E-state index contributed by atoms with van der Waals surface area (Å²) < 4.78 is 4.55. The molecule has 1 heterocycles. The van der Waals surface area contributed by atoms with E-state index >= 15 is 0 Å². The fourth-order valence-electron chi connectivity index (χ4n) is 1.73. The zero-order valence-corrected chi connectivity index (χ0v) is 8.62. The minimum atomic E-state index is -0.328. The van der Waals surface area contributed by atoms with Crippen LogP contribution in [0, 0.1) is 0 Å². The third kappa shape index (κ3) is 2.01. The van der Waals surface area contributed by atoms with Crippen LogP contribution in [-0.2, 0) is 16.0 Å². The molecule has 0 radical (unpaired) electrons. The van der Waals surface area contributed by atoms with E-state index in [0.717, 1.165) is 24.2 Å². The second-order valence-corrected chi connectivity index (χ2v) is 3.41. The van der Waals surface area contributed by atoms with Gasteiger partial charge in [-0.2, -0.15) is 0 Å². The Morgan fingerprint density at radius 3 is 3.20 bits per heavy atom. The van der Waals surface area contributed by atoms with Gasteiger partial charge in [-0.1, -0.05) is 18.2 Å². The van der Waals surface area contributed by atoms with E-state index < -0.39 is 0 Å². The van der Waals surface area contributed by atoms with Crippen molar-refractivity contribution in [2.24, 2.45) is 0 Å². The first-order chi connectivity index (χ1) is 7.31. The number of fused-ring (bicyclic) bond motifs is 1. The summed E-state index contributed by atoms with van der Waals surface area (Å²) in [6.07, 6.45) is 4.27. The van der Waals surface area contributed by atoms with Crippen LogP contribution >= 0.6 is 0 Å². The lowest BCUT2D eigenvalue weighted by Crippen LogP contribution is -1.95. The van der Waals surface area contributed by atoms with Crippen molar-refractivity contribution in [2.45, 2.75) is 6.42 Å². The van der Waals surface area contributed by atoms with Gasteiger partial charge in [-0.3, -0.25) is 0 Å². The SMILES string of the molecule is COC(=O)/C=C/c1cccc2c1NCC2. The van der Waals surface area contributed by atoms with Gasteiger partial charge in [0.05, 0.1) is 7.11 Å². The second kappa shape index (κ2) is 4.17. The van der Waals surface area contributed by atoms with E-state index in [4.69, 9.17) is 0 Å². The van der Waals surface area contributed by atoms with Crippen molar-refractivity contribution in [2.75, 3.05) is 19.0 Å². The summed E-state index contributed by atoms with van der Waals surface area (Å²) in [6.45, 7) is 0.971. The maximum atomic E-state index is 11.0. The standard InChI is InChI=1S/C12H13NO2/c1-15-11(14)6-5-9-3-2-4-10-7-8-13-12(9)10/h2-6,13H,7-8H2,1H3/b6-5+. The van der Waals surface area contributed by atoms with Crippen LogP contribution in [0.4, 0.5) is 5.69 Å². The lowest BCUT2D eigenvalue weighted by atomic mass is 10.1. The van der Waals surface area contributed by atoms with E-state index in [1.54, 1.807) is 6.08 Å². The van der Waals surface area contributed by atoms with Crippen LogP contribution in [0.15, 0.2) is 24.3 Å². The minimum Gasteiger partial charge on any atom is -0.466 e. The van der Waals surface area contributed by atoms with E-state index in [1.165, 1.54) is 18.7 Å². The van der Waals surface area contributed by atoms with Crippen molar-refractivity contribution in [1.82, 2.24) is 0 Å². The molecule has 3 heteroatoms. The molecule has 2 rings (SSSR count). The molecule has 0 unspecified atom stereocenters. The number of benzene rings is 1. The van der Waals surface area contributed by atoms with Crippen LogP contribution in [0.3, 0.4) is 0 Å². The van der Waals surface area contributed by atoms with Gasteiger partial charge in [0.25, 0.3) is 0 Å². The average Bonchev–Trinajstić information content (AvgIpc) is 2.74. The third-order valence-electron chi connectivity index (χ3n) is 2.48. The maximum Gasteiger partial charge on any atom is 0.330 e. The Morgan fingerprint density at radius 1 is 1.53 bits per heavy atom. The Hall–Kier alpha value is -1.77. The van der Waals surface area contributed by atoms with Crippen molar-refractivity contribution in [3.05, 3.63) is 35.4 Å². The summed E-state index contributed by atoms with van der Waals surface area (Å²) in [5, 5.41) is 3.31. The molecule has 0 spiro atoms. The monoisotopic (exact) mass is 203 g/mol. The maximum absolute atomic E-state index is 11.0. The highest BCUT2D eigenvalue weighted by atomic mass is 16.5. The Morgan fingerprint density at radius 2 is 2.40 bits per heavy atom. The number of nitrogens with one attached hydrogen (secondary N) is 1. The Balaban J connectivity index is 2.26. The third-order valence-corrected chi connectivity index (χ3v) is 2.48. The molecular formula is C12H13NO2. The quantitative estimate of drug-likeness (QED) is 0.588. The van der Waals surface area contributed by atoms with Gasteiger partial charge in [-0.25, -0.2) is 4.79 Å². The van der Waals surface area contributed by atoms with Crippen molar-refractivity contribution in [1.29, 1.82) is 0 Å². The molecule has 1 aromatic rings. The molecule has 1 aromatic carbocycles. The summed E-state index contributed by atoms with van der Waals surface area (Å²) in [5.41, 5.74) is 3.48. The summed E-state index contributed by atoms with van der Waals surface area (Å²) in [7, 11) is 1.38. The van der Waals surface area contributed by atoms with Gasteiger partial charge in [0.2, 0.25) is 0 Å². The fourth-order valence-corrected chi connectivity index (χ4v) is 1.73. The molecule has 0 saturated carbocycles. The second-order valence-electron chi connectivity index (χ2n) is 3.41. The number of para-hydroxylation sites is 1. The first-order valence-electron chi connectivity index (χ1n) is 4.93. The molecule has 0 aliphatic carbocycles. The van der Waals surface area contributed by atoms with Gasteiger partial charge < -0.3 is 10.1 Å². The topological polar surface area (TPSA) is 38.3 Å². The number of carbonyl (C=O) groups is 1. The number of methoxy groups -OCH3 is 1. The van der Waals surface area contributed by atoms with Crippen molar-refractivity contribution in [3.63, 3.8) is 0 Å². The lowest BCUT2D eigenvalue weighted by molar-refractivity contribution is -0.134.